The van der Waals surface area contributed by atoms with Gasteiger partial charge in [0.15, 0.2) is 6.10 Å². The molecule has 0 saturated heterocycles. The zero-order valence-corrected chi connectivity index (χ0v) is 8.83. The zero-order valence-electron chi connectivity index (χ0n) is 8.83. The summed E-state index contributed by atoms with van der Waals surface area (Å²) in [6.07, 6.45) is -7.78. The molecule has 1 aromatic carbocycles. The van der Waals surface area contributed by atoms with Crippen LogP contribution in [0.3, 0.4) is 0 Å². The fourth-order valence-corrected chi connectivity index (χ4v) is 1.38. The van der Waals surface area contributed by atoms with Crippen LogP contribution in [-0.4, -0.2) is 24.5 Å². The first-order valence-corrected chi connectivity index (χ1v) is 4.61. The quantitative estimate of drug-likeness (QED) is 0.807. The van der Waals surface area contributed by atoms with Crippen LogP contribution in [0.2, 0.25) is 0 Å². The summed E-state index contributed by atoms with van der Waals surface area (Å²) in [4.78, 5) is 0. The molecule has 0 radical (unpaired) electrons. The van der Waals surface area contributed by atoms with Crippen LogP contribution in [0.15, 0.2) is 18.2 Å². The first kappa shape index (κ1) is 13.7. The molecule has 7 heteroatoms. The Labute approximate surface area is 94.8 Å². The number of aliphatic hydroxyl groups is 1. The maximum atomic E-state index is 13.4. The molecule has 17 heavy (non-hydrogen) atoms. The van der Waals surface area contributed by atoms with E-state index in [1.807, 2.05) is 0 Å². The Morgan fingerprint density at radius 3 is 2.41 bits per heavy atom. The van der Waals surface area contributed by atoms with Crippen molar-refractivity contribution in [1.29, 1.82) is 0 Å². The van der Waals surface area contributed by atoms with Crippen molar-refractivity contribution in [3.63, 3.8) is 0 Å². The number of rotatable bonds is 3. The van der Waals surface area contributed by atoms with Gasteiger partial charge in [0.1, 0.15) is 11.6 Å². The molecule has 0 aliphatic rings. The second-order valence-electron chi connectivity index (χ2n) is 3.37. The van der Waals surface area contributed by atoms with Gasteiger partial charge in [-0.25, -0.2) is 4.39 Å². The molecule has 3 N–H and O–H groups in total. The van der Waals surface area contributed by atoms with Gasteiger partial charge in [-0.05, 0) is 12.1 Å². The van der Waals surface area contributed by atoms with E-state index < -0.39 is 29.7 Å². The van der Waals surface area contributed by atoms with E-state index in [1.54, 1.807) is 0 Å². The van der Waals surface area contributed by atoms with Crippen molar-refractivity contribution in [2.75, 3.05) is 7.11 Å². The standard InChI is InChI=1S/C10H11F4NO2/c1-17-6-4-2-3-5(11)7(6)8(15)9(16)10(12,13)14/h2-4,8-9,16H,15H2,1H3/t8-,9-/m0/s1. The zero-order chi connectivity index (χ0) is 13.2. The third-order valence-electron chi connectivity index (χ3n) is 2.24. The van der Waals surface area contributed by atoms with E-state index >= 15 is 0 Å². The number of aliphatic hydroxyl groups excluding tert-OH is 1. The number of nitrogens with two attached hydrogens (primary N) is 1. The van der Waals surface area contributed by atoms with Crippen LogP contribution in [0.5, 0.6) is 5.75 Å². The molecular weight excluding hydrogens is 242 g/mol. The number of hydrogen-bond acceptors (Lipinski definition) is 3. The highest BCUT2D eigenvalue weighted by atomic mass is 19.4. The lowest BCUT2D eigenvalue weighted by atomic mass is 10.0. The lowest BCUT2D eigenvalue weighted by Crippen LogP contribution is -2.39. The third-order valence-corrected chi connectivity index (χ3v) is 2.24. The van der Waals surface area contributed by atoms with Gasteiger partial charge >= 0.3 is 6.18 Å². The van der Waals surface area contributed by atoms with E-state index in [0.29, 0.717) is 0 Å². The molecule has 0 spiro atoms. The Bertz CT molecular complexity index is 394. The fourth-order valence-electron chi connectivity index (χ4n) is 1.38. The predicted molar refractivity (Wildman–Crippen MR) is 51.9 cm³/mol. The number of benzene rings is 1. The molecule has 1 aromatic rings. The molecule has 0 saturated carbocycles. The molecular formula is C10H11F4NO2. The van der Waals surface area contributed by atoms with Crippen LogP contribution in [0.1, 0.15) is 11.6 Å². The molecule has 0 aliphatic carbocycles. The van der Waals surface area contributed by atoms with Crippen molar-refractivity contribution >= 4 is 0 Å². The van der Waals surface area contributed by atoms with Crippen LogP contribution in [0.4, 0.5) is 17.6 Å². The lowest BCUT2D eigenvalue weighted by molar-refractivity contribution is -0.210. The highest BCUT2D eigenvalue weighted by Crippen LogP contribution is 2.34. The first-order valence-electron chi connectivity index (χ1n) is 4.61. The Morgan fingerprint density at radius 2 is 1.94 bits per heavy atom. The van der Waals surface area contributed by atoms with E-state index in [-0.39, 0.29) is 5.75 Å². The number of methoxy groups -OCH3 is 1. The van der Waals surface area contributed by atoms with Crippen molar-refractivity contribution < 1.29 is 27.4 Å². The summed E-state index contributed by atoms with van der Waals surface area (Å²) in [5.41, 5.74) is 4.71. The van der Waals surface area contributed by atoms with Gasteiger partial charge in [-0.3, -0.25) is 0 Å². The molecule has 0 amide bonds. The van der Waals surface area contributed by atoms with Crippen molar-refractivity contribution in [2.45, 2.75) is 18.3 Å². The minimum atomic E-state index is -4.92. The molecule has 0 bridgehead atoms. The van der Waals surface area contributed by atoms with Crippen molar-refractivity contribution in [3.05, 3.63) is 29.6 Å². The summed E-state index contributed by atoms with van der Waals surface area (Å²) < 4.78 is 54.9. The Balaban J connectivity index is 3.16. The first-order chi connectivity index (χ1) is 7.79. The van der Waals surface area contributed by atoms with Gasteiger partial charge in [0.25, 0.3) is 0 Å². The van der Waals surface area contributed by atoms with Gasteiger partial charge in [0.2, 0.25) is 0 Å². The Kier molecular flexibility index (Phi) is 3.94. The molecule has 0 aromatic heterocycles. The number of alkyl halides is 3. The number of ether oxygens (including phenoxy) is 1. The summed E-state index contributed by atoms with van der Waals surface area (Å²) in [5, 5.41) is 8.98. The van der Waals surface area contributed by atoms with Gasteiger partial charge in [-0.2, -0.15) is 13.2 Å². The van der Waals surface area contributed by atoms with Crippen LogP contribution < -0.4 is 10.5 Å². The fraction of sp³-hybridized carbons (Fsp3) is 0.400. The largest absolute Gasteiger partial charge is 0.496 e. The van der Waals surface area contributed by atoms with E-state index in [1.165, 1.54) is 19.2 Å². The average Bonchev–Trinajstić information content (AvgIpc) is 2.25. The Hall–Kier alpha value is -1.34. The predicted octanol–water partition coefficient (Wildman–Crippen LogP) is 1.76. The second kappa shape index (κ2) is 4.89. The molecule has 2 atom stereocenters. The van der Waals surface area contributed by atoms with Crippen molar-refractivity contribution in [2.24, 2.45) is 5.73 Å². The topological polar surface area (TPSA) is 55.5 Å². The van der Waals surface area contributed by atoms with Gasteiger partial charge < -0.3 is 15.6 Å². The molecule has 3 nitrogen and oxygen atoms in total. The van der Waals surface area contributed by atoms with E-state index in [4.69, 9.17) is 15.6 Å². The molecule has 0 heterocycles. The number of halogens is 4. The molecule has 0 aliphatic heterocycles. The summed E-state index contributed by atoms with van der Waals surface area (Å²) in [6.45, 7) is 0. The van der Waals surface area contributed by atoms with Crippen LogP contribution in [0, 0.1) is 5.82 Å². The van der Waals surface area contributed by atoms with E-state index in [2.05, 4.69) is 0 Å². The molecule has 0 fully saturated rings. The highest BCUT2D eigenvalue weighted by molar-refractivity contribution is 5.37. The van der Waals surface area contributed by atoms with Gasteiger partial charge in [0, 0.05) is 5.56 Å². The highest BCUT2D eigenvalue weighted by Gasteiger charge is 2.44. The molecule has 0 unspecified atom stereocenters. The molecule has 1 rings (SSSR count). The maximum absolute atomic E-state index is 13.4. The normalized spacial score (nSPS) is 15.5. The van der Waals surface area contributed by atoms with Crippen LogP contribution in [-0.2, 0) is 0 Å². The monoisotopic (exact) mass is 253 g/mol. The van der Waals surface area contributed by atoms with Crippen molar-refractivity contribution in [1.82, 2.24) is 0 Å². The second-order valence-corrected chi connectivity index (χ2v) is 3.37. The lowest BCUT2D eigenvalue weighted by Gasteiger charge is -2.23. The number of hydrogen-bond donors (Lipinski definition) is 2. The third kappa shape index (κ3) is 2.86. The van der Waals surface area contributed by atoms with Gasteiger partial charge in [-0.1, -0.05) is 6.07 Å². The van der Waals surface area contributed by atoms with Crippen LogP contribution in [0.25, 0.3) is 0 Å². The SMILES string of the molecule is COc1cccc(F)c1[C@H](N)[C@H](O)C(F)(F)F. The summed E-state index contributed by atoms with van der Waals surface area (Å²) in [7, 11) is 1.17. The summed E-state index contributed by atoms with van der Waals surface area (Å²) in [5.74, 6) is -1.10. The van der Waals surface area contributed by atoms with Crippen molar-refractivity contribution in [3.8, 4) is 5.75 Å². The van der Waals surface area contributed by atoms with E-state index in [9.17, 15) is 17.6 Å². The summed E-state index contributed by atoms with van der Waals surface area (Å²) >= 11 is 0. The smallest absolute Gasteiger partial charge is 0.416 e. The minimum absolute atomic E-state index is 0.138. The van der Waals surface area contributed by atoms with Crippen LogP contribution >= 0.6 is 0 Å². The Morgan fingerprint density at radius 1 is 1.35 bits per heavy atom. The van der Waals surface area contributed by atoms with E-state index in [0.717, 1.165) is 6.07 Å². The molecule has 96 valence electrons. The summed E-state index contributed by atoms with van der Waals surface area (Å²) in [6, 6.07) is 1.54. The average molecular weight is 253 g/mol. The maximum Gasteiger partial charge on any atom is 0.416 e. The van der Waals surface area contributed by atoms with Gasteiger partial charge in [0.05, 0.1) is 13.2 Å². The van der Waals surface area contributed by atoms with Gasteiger partial charge in [-0.15, -0.1) is 0 Å². The minimum Gasteiger partial charge on any atom is -0.496 e.